The molecule has 0 fully saturated rings. The fourth-order valence-corrected chi connectivity index (χ4v) is 1.52. The minimum absolute atomic E-state index is 0.00342. The molecular weight excluding hydrogens is 214 g/mol. The van der Waals surface area contributed by atoms with Gasteiger partial charge in [0.15, 0.2) is 0 Å². The van der Waals surface area contributed by atoms with Gasteiger partial charge in [0.2, 0.25) is 5.91 Å². The maximum Gasteiger partial charge on any atom is 0.216 e. The van der Waals surface area contributed by atoms with Crippen molar-refractivity contribution >= 4 is 12.0 Å². The minimum Gasteiger partial charge on any atom is -0.392 e. The largest absolute Gasteiger partial charge is 0.392 e. The highest BCUT2D eigenvalue weighted by atomic mass is 16.3. The SMILES string of the molecule is CC(=O)NCCC=Cc1ccc(C)c(CO)c1. The summed E-state index contributed by atoms with van der Waals surface area (Å²) in [6.45, 7) is 4.22. The first-order valence-electron chi connectivity index (χ1n) is 5.75. The zero-order valence-electron chi connectivity index (χ0n) is 10.4. The van der Waals surface area contributed by atoms with Gasteiger partial charge in [-0.25, -0.2) is 0 Å². The Balaban J connectivity index is 2.50. The van der Waals surface area contributed by atoms with E-state index in [0.717, 1.165) is 23.1 Å². The third-order valence-corrected chi connectivity index (χ3v) is 2.54. The molecule has 1 aromatic carbocycles. The number of aliphatic hydroxyl groups excluding tert-OH is 1. The number of rotatable bonds is 5. The number of amides is 1. The van der Waals surface area contributed by atoms with Gasteiger partial charge in [-0.15, -0.1) is 0 Å². The summed E-state index contributed by atoms with van der Waals surface area (Å²) in [5, 5.41) is 11.9. The van der Waals surface area contributed by atoms with Crippen molar-refractivity contribution in [2.75, 3.05) is 6.54 Å². The van der Waals surface area contributed by atoms with E-state index in [-0.39, 0.29) is 12.5 Å². The lowest BCUT2D eigenvalue weighted by Gasteiger charge is -2.03. The second kappa shape index (κ2) is 6.86. The fraction of sp³-hybridized carbons (Fsp3) is 0.357. The molecule has 1 rings (SSSR count). The van der Waals surface area contributed by atoms with Crippen LogP contribution in [0.25, 0.3) is 6.08 Å². The maximum absolute atomic E-state index is 10.6. The molecule has 1 amide bonds. The van der Waals surface area contributed by atoms with Crippen molar-refractivity contribution < 1.29 is 9.90 Å². The lowest BCUT2D eigenvalue weighted by Crippen LogP contribution is -2.20. The van der Waals surface area contributed by atoms with E-state index in [2.05, 4.69) is 5.32 Å². The second-order valence-corrected chi connectivity index (χ2v) is 4.02. The molecule has 0 aliphatic rings. The van der Waals surface area contributed by atoms with E-state index >= 15 is 0 Å². The van der Waals surface area contributed by atoms with E-state index in [1.807, 2.05) is 37.3 Å². The molecule has 1 aromatic rings. The number of carbonyl (C=O) groups is 1. The number of hydrogen-bond donors (Lipinski definition) is 2. The van der Waals surface area contributed by atoms with Crippen LogP contribution in [0.3, 0.4) is 0 Å². The van der Waals surface area contributed by atoms with Crippen LogP contribution < -0.4 is 5.32 Å². The van der Waals surface area contributed by atoms with Crippen molar-refractivity contribution in [3.63, 3.8) is 0 Å². The predicted molar refractivity (Wildman–Crippen MR) is 69.4 cm³/mol. The van der Waals surface area contributed by atoms with E-state index in [1.165, 1.54) is 6.92 Å². The van der Waals surface area contributed by atoms with Crippen molar-refractivity contribution in [3.8, 4) is 0 Å². The van der Waals surface area contributed by atoms with Crippen molar-refractivity contribution in [3.05, 3.63) is 41.0 Å². The molecule has 0 aliphatic carbocycles. The molecule has 3 nitrogen and oxygen atoms in total. The summed E-state index contributed by atoms with van der Waals surface area (Å²) in [4.78, 5) is 10.6. The molecule has 0 saturated heterocycles. The Kier molecular flexibility index (Phi) is 5.43. The number of aliphatic hydroxyl groups is 1. The van der Waals surface area contributed by atoms with Gasteiger partial charge in [-0.2, -0.15) is 0 Å². The third-order valence-electron chi connectivity index (χ3n) is 2.54. The average molecular weight is 233 g/mol. The molecule has 0 aromatic heterocycles. The Morgan fingerprint density at radius 1 is 1.47 bits per heavy atom. The highest BCUT2D eigenvalue weighted by Crippen LogP contribution is 2.12. The molecule has 0 bridgehead atoms. The van der Waals surface area contributed by atoms with E-state index in [9.17, 15) is 4.79 Å². The number of aryl methyl sites for hydroxylation is 1. The summed E-state index contributed by atoms with van der Waals surface area (Å²) < 4.78 is 0. The van der Waals surface area contributed by atoms with Crippen molar-refractivity contribution in [2.45, 2.75) is 26.9 Å². The average Bonchev–Trinajstić information content (AvgIpc) is 2.30. The Bertz CT molecular complexity index is 411. The van der Waals surface area contributed by atoms with Crippen LogP contribution in [0.15, 0.2) is 24.3 Å². The molecule has 0 radical (unpaired) electrons. The molecule has 0 saturated carbocycles. The molecule has 0 atom stereocenters. The highest BCUT2D eigenvalue weighted by molar-refractivity contribution is 5.72. The van der Waals surface area contributed by atoms with Gasteiger partial charge in [-0.05, 0) is 36.1 Å². The summed E-state index contributed by atoms with van der Waals surface area (Å²) in [6.07, 6.45) is 4.82. The van der Waals surface area contributed by atoms with Crippen LogP contribution in [-0.2, 0) is 11.4 Å². The third kappa shape index (κ3) is 4.83. The van der Waals surface area contributed by atoms with E-state index in [4.69, 9.17) is 5.11 Å². The standard InChI is InChI=1S/C14H19NO2/c1-11-6-7-13(9-14(11)10-16)5-3-4-8-15-12(2)17/h3,5-7,9,16H,4,8,10H2,1-2H3,(H,15,17). The van der Waals surface area contributed by atoms with Gasteiger partial charge < -0.3 is 10.4 Å². The van der Waals surface area contributed by atoms with Crippen molar-refractivity contribution in [1.82, 2.24) is 5.32 Å². The molecule has 3 heteroatoms. The van der Waals surface area contributed by atoms with Crippen molar-refractivity contribution in [2.24, 2.45) is 0 Å². The topological polar surface area (TPSA) is 49.3 Å². The first-order valence-corrected chi connectivity index (χ1v) is 5.75. The Morgan fingerprint density at radius 3 is 2.88 bits per heavy atom. The first-order chi connectivity index (χ1) is 8.13. The van der Waals surface area contributed by atoms with Crippen LogP contribution in [0.4, 0.5) is 0 Å². The molecule has 17 heavy (non-hydrogen) atoms. The van der Waals surface area contributed by atoms with Gasteiger partial charge in [0.05, 0.1) is 6.61 Å². The molecule has 0 aliphatic heterocycles. The minimum atomic E-state index is -0.00342. The van der Waals surface area contributed by atoms with Crippen LogP contribution in [-0.4, -0.2) is 17.6 Å². The van der Waals surface area contributed by atoms with Gasteiger partial charge >= 0.3 is 0 Å². The summed E-state index contributed by atoms with van der Waals surface area (Å²) in [5.41, 5.74) is 3.12. The number of nitrogens with one attached hydrogen (secondary N) is 1. The van der Waals surface area contributed by atoms with Crippen molar-refractivity contribution in [1.29, 1.82) is 0 Å². The summed E-state index contributed by atoms with van der Waals surface area (Å²) in [5.74, 6) is -0.00342. The van der Waals surface area contributed by atoms with Gasteiger partial charge in [0.1, 0.15) is 0 Å². The molecule has 2 N–H and O–H groups in total. The maximum atomic E-state index is 10.6. The number of benzene rings is 1. The van der Waals surface area contributed by atoms with Crippen LogP contribution in [0, 0.1) is 6.92 Å². The highest BCUT2D eigenvalue weighted by Gasteiger charge is 1.96. The summed E-state index contributed by atoms with van der Waals surface area (Å²) >= 11 is 0. The second-order valence-electron chi connectivity index (χ2n) is 4.02. The Labute approximate surface area is 102 Å². The van der Waals surface area contributed by atoms with Crippen LogP contribution in [0.5, 0.6) is 0 Å². The van der Waals surface area contributed by atoms with Gasteiger partial charge in [0.25, 0.3) is 0 Å². The van der Waals surface area contributed by atoms with E-state index in [1.54, 1.807) is 0 Å². The zero-order chi connectivity index (χ0) is 12.7. The van der Waals surface area contributed by atoms with Gasteiger partial charge in [-0.3, -0.25) is 4.79 Å². The quantitative estimate of drug-likeness (QED) is 0.764. The molecule has 0 spiro atoms. The normalized spacial score (nSPS) is 10.8. The van der Waals surface area contributed by atoms with E-state index < -0.39 is 0 Å². The first kappa shape index (κ1) is 13.5. The summed E-state index contributed by atoms with van der Waals surface area (Å²) in [6, 6.07) is 5.99. The number of hydrogen-bond acceptors (Lipinski definition) is 2. The Hall–Kier alpha value is -1.61. The monoisotopic (exact) mass is 233 g/mol. The number of carbonyl (C=O) groups excluding carboxylic acids is 1. The fourth-order valence-electron chi connectivity index (χ4n) is 1.52. The lowest BCUT2D eigenvalue weighted by atomic mass is 10.1. The summed E-state index contributed by atoms with van der Waals surface area (Å²) in [7, 11) is 0. The smallest absolute Gasteiger partial charge is 0.216 e. The van der Waals surface area contributed by atoms with Crippen LogP contribution >= 0.6 is 0 Å². The zero-order valence-corrected chi connectivity index (χ0v) is 10.4. The molecule has 92 valence electrons. The van der Waals surface area contributed by atoms with Gasteiger partial charge in [0, 0.05) is 13.5 Å². The lowest BCUT2D eigenvalue weighted by molar-refractivity contribution is -0.118. The predicted octanol–water partition coefficient (Wildman–Crippen LogP) is 2.03. The van der Waals surface area contributed by atoms with Gasteiger partial charge in [-0.1, -0.05) is 24.3 Å². The molecule has 0 unspecified atom stereocenters. The Morgan fingerprint density at radius 2 is 2.24 bits per heavy atom. The van der Waals surface area contributed by atoms with Crippen LogP contribution in [0.2, 0.25) is 0 Å². The van der Waals surface area contributed by atoms with Crippen LogP contribution in [0.1, 0.15) is 30.0 Å². The molecular formula is C14H19NO2. The van der Waals surface area contributed by atoms with E-state index in [0.29, 0.717) is 6.54 Å². The molecule has 0 heterocycles.